The predicted octanol–water partition coefficient (Wildman–Crippen LogP) is 0.571. The van der Waals surface area contributed by atoms with Gasteiger partial charge in [-0.05, 0) is 34.6 Å². The van der Waals surface area contributed by atoms with E-state index >= 15 is 0 Å². The molecule has 0 fully saturated rings. The second-order valence-corrected chi connectivity index (χ2v) is 7.07. The summed E-state index contributed by atoms with van der Waals surface area (Å²) in [6, 6.07) is 0.00822. The third-order valence-electron chi connectivity index (χ3n) is 1.89. The zero-order valence-electron chi connectivity index (χ0n) is 10.9. The number of hydrogen-bond donors (Lipinski definition) is 1. The standard InChI is InChI=1S/C10H22N2O3S/c1-8(2)11-9(13)7-12(10(3,4)5)16(6,14)15/h8H,7H2,1-6H3,(H,11,13). The van der Waals surface area contributed by atoms with Crippen molar-refractivity contribution >= 4 is 15.9 Å². The van der Waals surface area contributed by atoms with Crippen LogP contribution in [-0.2, 0) is 14.8 Å². The van der Waals surface area contributed by atoms with E-state index in [0.29, 0.717) is 0 Å². The molecule has 0 rings (SSSR count). The van der Waals surface area contributed by atoms with Gasteiger partial charge in [-0.15, -0.1) is 0 Å². The van der Waals surface area contributed by atoms with Crippen LogP contribution in [0.15, 0.2) is 0 Å². The van der Waals surface area contributed by atoms with E-state index in [1.807, 2.05) is 13.8 Å². The summed E-state index contributed by atoms with van der Waals surface area (Å²) < 4.78 is 24.3. The normalized spacial score (nSPS) is 13.2. The second-order valence-electron chi connectivity index (χ2n) is 5.16. The molecule has 0 aromatic carbocycles. The minimum atomic E-state index is -3.38. The smallest absolute Gasteiger partial charge is 0.235 e. The molecule has 0 saturated carbocycles. The molecule has 0 spiro atoms. The Morgan fingerprint density at radius 3 is 2.00 bits per heavy atom. The first-order valence-electron chi connectivity index (χ1n) is 5.22. The summed E-state index contributed by atoms with van der Waals surface area (Å²) in [5.74, 6) is -0.282. The van der Waals surface area contributed by atoms with Gasteiger partial charge < -0.3 is 5.32 Å². The summed E-state index contributed by atoms with van der Waals surface area (Å²) >= 11 is 0. The van der Waals surface area contributed by atoms with Crippen LogP contribution < -0.4 is 5.32 Å². The molecule has 0 aromatic heterocycles. The molecule has 96 valence electrons. The van der Waals surface area contributed by atoms with Gasteiger partial charge in [-0.25, -0.2) is 8.42 Å². The molecular formula is C10H22N2O3S. The third-order valence-corrected chi connectivity index (χ3v) is 3.36. The van der Waals surface area contributed by atoms with Crippen molar-refractivity contribution in [2.75, 3.05) is 12.8 Å². The lowest BCUT2D eigenvalue weighted by molar-refractivity contribution is -0.122. The lowest BCUT2D eigenvalue weighted by Gasteiger charge is -2.32. The van der Waals surface area contributed by atoms with Crippen LogP contribution in [-0.4, -0.2) is 43.0 Å². The highest BCUT2D eigenvalue weighted by atomic mass is 32.2. The first kappa shape index (κ1) is 15.4. The topological polar surface area (TPSA) is 66.5 Å². The molecule has 16 heavy (non-hydrogen) atoms. The van der Waals surface area contributed by atoms with E-state index in [2.05, 4.69) is 5.32 Å². The van der Waals surface area contributed by atoms with Gasteiger partial charge >= 0.3 is 0 Å². The molecule has 0 bridgehead atoms. The van der Waals surface area contributed by atoms with Gasteiger partial charge in [0.2, 0.25) is 15.9 Å². The fourth-order valence-corrected chi connectivity index (χ4v) is 2.70. The van der Waals surface area contributed by atoms with Crippen molar-refractivity contribution < 1.29 is 13.2 Å². The predicted molar refractivity (Wildman–Crippen MR) is 64.6 cm³/mol. The van der Waals surface area contributed by atoms with E-state index in [0.717, 1.165) is 6.26 Å². The third kappa shape index (κ3) is 5.46. The molecule has 0 heterocycles. The van der Waals surface area contributed by atoms with Crippen molar-refractivity contribution in [3.8, 4) is 0 Å². The molecular weight excluding hydrogens is 228 g/mol. The maximum absolute atomic E-state index is 11.5. The van der Waals surface area contributed by atoms with Crippen LogP contribution in [0.5, 0.6) is 0 Å². The van der Waals surface area contributed by atoms with E-state index in [-0.39, 0.29) is 18.5 Å². The Kier molecular flexibility index (Phi) is 4.94. The summed E-state index contributed by atoms with van der Waals surface area (Å²) in [4.78, 5) is 11.5. The number of nitrogens with one attached hydrogen (secondary N) is 1. The maximum atomic E-state index is 11.5. The van der Waals surface area contributed by atoms with Crippen molar-refractivity contribution in [2.24, 2.45) is 0 Å². The van der Waals surface area contributed by atoms with E-state index in [1.165, 1.54) is 4.31 Å². The first-order valence-corrected chi connectivity index (χ1v) is 7.06. The quantitative estimate of drug-likeness (QED) is 0.793. The highest BCUT2D eigenvalue weighted by Crippen LogP contribution is 2.16. The van der Waals surface area contributed by atoms with E-state index < -0.39 is 15.6 Å². The van der Waals surface area contributed by atoms with Gasteiger partial charge in [0.15, 0.2) is 0 Å². The van der Waals surface area contributed by atoms with Crippen LogP contribution in [0.3, 0.4) is 0 Å². The summed E-state index contributed by atoms with van der Waals surface area (Å²) in [7, 11) is -3.38. The number of hydrogen-bond acceptors (Lipinski definition) is 3. The van der Waals surface area contributed by atoms with Crippen molar-refractivity contribution in [1.82, 2.24) is 9.62 Å². The van der Waals surface area contributed by atoms with Crippen LogP contribution >= 0.6 is 0 Å². The monoisotopic (exact) mass is 250 g/mol. The number of amides is 1. The summed E-state index contributed by atoms with van der Waals surface area (Å²) in [6.07, 6.45) is 1.11. The average Bonchev–Trinajstić information content (AvgIpc) is 1.94. The van der Waals surface area contributed by atoms with E-state index in [9.17, 15) is 13.2 Å². The highest BCUT2D eigenvalue weighted by molar-refractivity contribution is 7.88. The fourth-order valence-electron chi connectivity index (χ4n) is 1.35. The van der Waals surface area contributed by atoms with Crippen molar-refractivity contribution in [3.05, 3.63) is 0 Å². The molecule has 5 nitrogen and oxygen atoms in total. The van der Waals surface area contributed by atoms with Crippen LogP contribution in [0.25, 0.3) is 0 Å². The van der Waals surface area contributed by atoms with Crippen LogP contribution in [0, 0.1) is 0 Å². The SMILES string of the molecule is CC(C)NC(=O)CN(C(C)(C)C)S(C)(=O)=O. The van der Waals surface area contributed by atoms with Gasteiger partial charge in [0.1, 0.15) is 0 Å². The summed E-state index contributed by atoms with van der Waals surface area (Å²) in [6.45, 7) is 8.81. The highest BCUT2D eigenvalue weighted by Gasteiger charge is 2.31. The average molecular weight is 250 g/mol. The first-order chi connectivity index (χ1) is 6.94. The number of rotatable bonds is 4. The van der Waals surface area contributed by atoms with Crippen molar-refractivity contribution in [2.45, 2.75) is 46.2 Å². The van der Waals surface area contributed by atoms with Gasteiger partial charge in [-0.2, -0.15) is 4.31 Å². The van der Waals surface area contributed by atoms with Crippen LogP contribution in [0.2, 0.25) is 0 Å². The number of sulfonamides is 1. The Morgan fingerprint density at radius 2 is 1.75 bits per heavy atom. The molecule has 6 heteroatoms. The van der Waals surface area contributed by atoms with Gasteiger partial charge in [0.05, 0.1) is 12.8 Å². The second kappa shape index (κ2) is 5.14. The molecule has 0 saturated heterocycles. The van der Waals surface area contributed by atoms with Crippen molar-refractivity contribution in [3.63, 3.8) is 0 Å². The summed E-state index contributed by atoms with van der Waals surface area (Å²) in [5, 5.41) is 2.67. The largest absolute Gasteiger partial charge is 0.353 e. The lowest BCUT2D eigenvalue weighted by Crippen LogP contribution is -2.50. The number of carbonyl (C=O) groups is 1. The summed E-state index contributed by atoms with van der Waals surface area (Å²) in [5.41, 5.74) is -0.595. The molecule has 1 amide bonds. The Labute approximate surface area is 98.3 Å². The van der Waals surface area contributed by atoms with Crippen LogP contribution in [0.1, 0.15) is 34.6 Å². The molecule has 0 atom stereocenters. The zero-order chi connectivity index (χ0) is 13.1. The fraction of sp³-hybridized carbons (Fsp3) is 0.900. The molecule has 0 radical (unpaired) electrons. The molecule has 0 aromatic rings. The number of nitrogens with zero attached hydrogens (tertiary/aromatic N) is 1. The van der Waals surface area contributed by atoms with Crippen molar-refractivity contribution in [1.29, 1.82) is 0 Å². The Morgan fingerprint density at radius 1 is 1.31 bits per heavy atom. The Balaban J connectivity index is 4.79. The van der Waals surface area contributed by atoms with E-state index in [1.54, 1.807) is 20.8 Å². The minimum absolute atomic E-state index is 0.00822. The van der Waals surface area contributed by atoms with Gasteiger partial charge in [-0.1, -0.05) is 0 Å². The van der Waals surface area contributed by atoms with E-state index in [4.69, 9.17) is 0 Å². The number of carbonyl (C=O) groups excluding carboxylic acids is 1. The Hall–Kier alpha value is -0.620. The lowest BCUT2D eigenvalue weighted by atomic mass is 10.1. The van der Waals surface area contributed by atoms with Gasteiger partial charge in [-0.3, -0.25) is 4.79 Å². The zero-order valence-corrected chi connectivity index (χ0v) is 11.7. The molecule has 0 aliphatic heterocycles. The van der Waals surface area contributed by atoms with Gasteiger partial charge in [0.25, 0.3) is 0 Å². The molecule has 1 N–H and O–H groups in total. The maximum Gasteiger partial charge on any atom is 0.235 e. The molecule has 0 aliphatic carbocycles. The molecule has 0 unspecified atom stereocenters. The Bertz CT molecular complexity index is 342. The molecule has 0 aliphatic rings. The van der Waals surface area contributed by atoms with Gasteiger partial charge in [0, 0.05) is 11.6 Å². The van der Waals surface area contributed by atoms with Crippen LogP contribution in [0.4, 0.5) is 0 Å². The minimum Gasteiger partial charge on any atom is -0.353 e.